The van der Waals surface area contributed by atoms with E-state index in [1.807, 2.05) is 20.8 Å². The van der Waals surface area contributed by atoms with Crippen LogP contribution in [0.5, 0.6) is 0 Å². The zero-order valence-corrected chi connectivity index (χ0v) is 11.7. The van der Waals surface area contributed by atoms with Crippen LogP contribution in [-0.4, -0.2) is 49.3 Å². The maximum Gasteiger partial charge on any atom is 0.410 e. The predicted octanol–water partition coefficient (Wildman–Crippen LogP) is 1.75. The molecule has 0 bridgehead atoms. The van der Waals surface area contributed by atoms with Crippen LogP contribution in [-0.2, 0) is 4.74 Å². The predicted molar refractivity (Wildman–Crippen MR) is 70.6 cm³/mol. The summed E-state index contributed by atoms with van der Waals surface area (Å²) in [7, 11) is 0. The van der Waals surface area contributed by atoms with Crippen molar-refractivity contribution in [2.45, 2.75) is 26.4 Å². The summed E-state index contributed by atoms with van der Waals surface area (Å²) in [4.78, 5) is 16.4. The second kappa shape index (κ2) is 4.90. The van der Waals surface area contributed by atoms with E-state index < -0.39 is 5.60 Å². The Labute approximate surface area is 112 Å². The first-order valence-corrected chi connectivity index (χ1v) is 6.56. The Bertz CT molecular complexity index is 405. The molecule has 7 heteroatoms. The molecule has 0 aromatic rings. The Morgan fingerprint density at radius 1 is 1.58 bits per heavy atom. The minimum Gasteiger partial charge on any atom is -0.444 e. The average molecular weight is 267 g/mol. The molecule has 1 N–H and O–H groups in total. The number of carbonyl (C=O) groups is 1. The highest BCUT2D eigenvalue weighted by Crippen LogP contribution is 2.41. The Hall–Kier alpha value is -1.46. The molecule has 0 saturated carbocycles. The van der Waals surface area contributed by atoms with Gasteiger partial charge in [-0.1, -0.05) is 5.11 Å². The van der Waals surface area contributed by atoms with Crippen molar-refractivity contribution in [3.8, 4) is 0 Å². The van der Waals surface area contributed by atoms with E-state index >= 15 is 0 Å². The van der Waals surface area contributed by atoms with Crippen molar-refractivity contribution in [2.75, 3.05) is 32.7 Å². The highest BCUT2D eigenvalue weighted by atomic mass is 16.6. The molecular weight excluding hydrogens is 246 g/mol. The number of nitrogens with one attached hydrogen (secondary N) is 1. The molecule has 1 spiro atoms. The number of amides is 1. The summed E-state index contributed by atoms with van der Waals surface area (Å²) >= 11 is 0. The molecule has 106 valence electrons. The molecule has 2 fully saturated rings. The van der Waals surface area contributed by atoms with Crippen LogP contribution < -0.4 is 5.32 Å². The van der Waals surface area contributed by atoms with Gasteiger partial charge >= 0.3 is 6.09 Å². The molecule has 1 unspecified atom stereocenters. The summed E-state index contributed by atoms with van der Waals surface area (Å²) in [5.41, 5.74) is 8.01. The summed E-state index contributed by atoms with van der Waals surface area (Å²) in [6, 6.07) is 0. The van der Waals surface area contributed by atoms with Crippen molar-refractivity contribution in [2.24, 2.45) is 16.4 Å². The molecule has 2 rings (SSSR count). The molecule has 0 radical (unpaired) electrons. The zero-order valence-electron chi connectivity index (χ0n) is 11.7. The molecule has 1 atom stereocenters. The lowest BCUT2D eigenvalue weighted by Crippen LogP contribution is -2.63. The molecule has 2 saturated heterocycles. The van der Waals surface area contributed by atoms with Crippen molar-refractivity contribution in [3.63, 3.8) is 0 Å². The first-order valence-electron chi connectivity index (χ1n) is 6.56. The van der Waals surface area contributed by atoms with E-state index in [1.165, 1.54) is 0 Å². The van der Waals surface area contributed by atoms with E-state index in [1.54, 1.807) is 4.90 Å². The van der Waals surface area contributed by atoms with Crippen LogP contribution in [0.15, 0.2) is 5.11 Å². The van der Waals surface area contributed by atoms with Crippen LogP contribution >= 0.6 is 0 Å². The Kier molecular flexibility index (Phi) is 3.60. The van der Waals surface area contributed by atoms with E-state index in [9.17, 15) is 4.79 Å². The Morgan fingerprint density at radius 2 is 2.26 bits per heavy atom. The van der Waals surface area contributed by atoms with Crippen LogP contribution in [0.1, 0.15) is 20.8 Å². The topological polar surface area (TPSA) is 90.3 Å². The third-order valence-electron chi connectivity index (χ3n) is 3.76. The number of hydrogen-bond donors (Lipinski definition) is 1. The van der Waals surface area contributed by atoms with Gasteiger partial charge in [0, 0.05) is 36.5 Å². The highest BCUT2D eigenvalue weighted by molar-refractivity contribution is 5.69. The van der Waals surface area contributed by atoms with E-state index in [0.717, 1.165) is 13.1 Å². The van der Waals surface area contributed by atoms with Gasteiger partial charge in [-0.2, -0.15) is 0 Å². The van der Waals surface area contributed by atoms with Gasteiger partial charge in [-0.15, -0.1) is 0 Å². The first kappa shape index (κ1) is 14.0. The van der Waals surface area contributed by atoms with Crippen LogP contribution in [0.4, 0.5) is 4.79 Å². The van der Waals surface area contributed by atoms with Crippen molar-refractivity contribution in [3.05, 3.63) is 10.4 Å². The fraction of sp³-hybridized carbons (Fsp3) is 0.917. The van der Waals surface area contributed by atoms with Crippen molar-refractivity contribution < 1.29 is 9.53 Å². The summed E-state index contributed by atoms with van der Waals surface area (Å²) in [5, 5.41) is 6.99. The number of rotatable bonds is 2. The molecule has 2 aliphatic heterocycles. The zero-order chi connectivity index (χ0) is 14.1. The smallest absolute Gasteiger partial charge is 0.410 e. The minimum absolute atomic E-state index is 0.0606. The van der Waals surface area contributed by atoms with E-state index in [2.05, 4.69) is 15.3 Å². The Morgan fingerprint density at radius 3 is 2.84 bits per heavy atom. The first-order chi connectivity index (χ1) is 8.86. The van der Waals surface area contributed by atoms with Crippen LogP contribution in [0.2, 0.25) is 0 Å². The number of azide groups is 1. The number of nitrogens with zero attached hydrogens (tertiary/aromatic N) is 4. The second-order valence-electron chi connectivity index (χ2n) is 6.44. The highest BCUT2D eigenvalue weighted by Gasteiger charge is 2.53. The van der Waals surface area contributed by atoms with Crippen molar-refractivity contribution in [1.82, 2.24) is 10.2 Å². The van der Waals surface area contributed by atoms with Gasteiger partial charge in [-0.25, -0.2) is 4.79 Å². The molecule has 0 aliphatic carbocycles. The van der Waals surface area contributed by atoms with Crippen LogP contribution in [0, 0.1) is 11.3 Å². The van der Waals surface area contributed by atoms with E-state index in [4.69, 9.17) is 10.3 Å². The normalized spacial score (nSPS) is 24.8. The molecular formula is C12H21N5O2. The maximum absolute atomic E-state index is 11.9. The molecule has 19 heavy (non-hydrogen) atoms. The van der Waals surface area contributed by atoms with Gasteiger partial charge in [0.05, 0.1) is 0 Å². The largest absolute Gasteiger partial charge is 0.444 e. The van der Waals surface area contributed by atoms with Gasteiger partial charge in [0.15, 0.2) is 0 Å². The molecule has 0 aromatic heterocycles. The SMILES string of the molecule is CC(C)(C)OC(=O)N1CC2(CNCC2CN=[N+]=[N-])C1. The lowest BCUT2D eigenvalue weighted by molar-refractivity contribution is -0.0417. The van der Waals surface area contributed by atoms with Gasteiger partial charge in [0.25, 0.3) is 0 Å². The summed E-state index contributed by atoms with van der Waals surface area (Å²) < 4.78 is 5.35. The molecule has 2 heterocycles. The Balaban J connectivity index is 1.90. The fourth-order valence-electron chi connectivity index (χ4n) is 2.79. The standard InChI is InChI=1S/C12H21N5O2/c1-11(2,3)19-10(18)17-7-12(8-17)6-14-4-9(12)5-15-16-13/h9,14H,4-8H2,1-3H3. The summed E-state index contributed by atoms with van der Waals surface area (Å²) in [6.07, 6.45) is -0.257. The van der Waals surface area contributed by atoms with Crippen molar-refractivity contribution in [1.29, 1.82) is 0 Å². The summed E-state index contributed by atoms with van der Waals surface area (Å²) in [5.74, 6) is 0.307. The molecule has 1 amide bonds. The second-order valence-corrected chi connectivity index (χ2v) is 6.44. The van der Waals surface area contributed by atoms with Gasteiger partial charge in [-0.3, -0.25) is 0 Å². The van der Waals surface area contributed by atoms with Crippen LogP contribution in [0.25, 0.3) is 10.4 Å². The number of likely N-dealkylation sites (tertiary alicyclic amines) is 1. The quantitative estimate of drug-likeness (QED) is 0.469. The fourth-order valence-corrected chi connectivity index (χ4v) is 2.79. The third kappa shape index (κ3) is 2.93. The van der Waals surface area contributed by atoms with Gasteiger partial charge in [0.2, 0.25) is 0 Å². The molecule has 7 nitrogen and oxygen atoms in total. The number of ether oxygens (including phenoxy) is 1. The van der Waals surface area contributed by atoms with Gasteiger partial charge in [0.1, 0.15) is 5.60 Å². The lowest BCUT2D eigenvalue weighted by Gasteiger charge is -2.50. The van der Waals surface area contributed by atoms with Crippen molar-refractivity contribution >= 4 is 6.09 Å². The van der Waals surface area contributed by atoms with E-state index in [0.29, 0.717) is 25.6 Å². The van der Waals surface area contributed by atoms with Gasteiger partial charge in [-0.05, 0) is 38.8 Å². The summed E-state index contributed by atoms with van der Waals surface area (Å²) in [6.45, 7) is 9.16. The van der Waals surface area contributed by atoms with Crippen LogP contribution in [0.3, 0.4) is 0 Å². The lowest BCUT2D eigenvalue weighted by atomic mass is 9.72. The number of hydrogen-bond acceptors (Lipinski definition) is 4. The molecule has 0 aromatic carbocycles. The van der Waals surface area contributed by atoms with Gasteiger partial charge < -0.3 is 15.0 Å². The average Bonchev–Trinajstić information content (AvgIpc) is 2.65. The van der Waals surface area contributed by atoms with E-state index in [-0.39, 0.29) is 11.5 Å². The molecule has 2 aliphatic rings. The monoisotopic (exact) mass is 267 g/mol. The number of carbonyl (C=O) groups excluding carboxylic acids is 1. The maximum atomic E-state index is 11.9. The third-order valence-corrected chi connectivity index (χ3v) is 3.76. The minimum atomic E-state index is -0.460.